The molecule has 0 aliphatic heterocycles. The lowest BCUT2D eigenvalue weighted by Gasteiger charge is -2.07. The van der Waals surface area contributed by atoms with E-state index in [0.29, 0.717) is 23.7 Å². The van der Waals surface area contributed by atoms with E-state index in [0.717, 1.165) is 4.88 Å². The molecule has 0 radical (unpaired) electrons. The van der Waals surface area contributed by atoms with Crippen LogP contribution in [-0.2, 0) is 16.4 Å². The van der Waals surface area contributed by atoms with Gasteiger partial charge in [-0.25, -0.2) is 13.1 Å². The molecule has 1 aromatic carbocycles. The van der Waals surface area contributed by atoms with Crippen LogP contribution in [0, 0.1) is 6.92 Å². The molecule has 0 fully saturated rings. The number of rotatable bonds is 6. The summed E-state index contributed by atoms with van der Waals surface area (Å²) in [4.78, 5) is 5.46. The number of hydrogen-bond acceptors (Lipinski definition) is 6. The van der Waals surface area contributed by atoms with Gasteiger partial charge in [-0.2, -0.15) is 4.98 Å². The molecule has 120 valence electrons. The highest BCUT2D eigenvalue weighted by molar-refractivity contribution is 7.89. The Balaban J connectivity index is 1.62. The van der Waals surface area contributed by atoms with Gasteiger partial charge in [0.25, 0.3) is 0 Å². The molecule has 3 aromatic rings. The van der Waals surface area contributed by atoms with Crippen molar-refractivity contribution < 1.29 is 12.9 Å². The molecule has 0 aliphatic rings. The van der Waals surface area contributed by atoms with Crippen molar-refractivity contribution in [3.05, 3.63) is 53.2 Å². The zero-order valence-corrected chi connectivity index (χ0v) is 14.0. The molecule has 0 spiro atoms. The molecule has 8 heteroatoms. The Kier molecular flexibility index (Phi) is 4.56. The molecule has 6 nitrogen and oxygen atoms in total. The van der Waals surface area contributed by atoms with Crippen molar-refractivity contribution in [2.45, 2.75) is 18.2 Å². The van der Waals surface area contributed by atoms with Crippen LogP contribution >= 0.6 is 11.3 Å². The Morgan fingerprint density at radius 1 is 1.22 bits per heavy atom. The Morgan fingerprint density at radius 3 is 2.78 bits per heavy atom. The molecular weight excluding hydrogens is 334 g/mol. The second-order valence-electron chi connectivity index (χ2n) is 4.90. The average molecular weight is 349 g/mol. The van der Waals surface area contributed by atoms with Crippen LogP contribution in [-0.4, -0.2) is 25.1 Å². The average Bonchev–Trinajstić information content (AvgIpc) is 3.18. The van der Waals surface area contributed by atoms with E-state index in [1.54, 1.807) is 31.2 Å². The van der Waals surface area contributed by atoms with E-state index >= 15 is 0 Å². The molecule has 0 bridgehead atoms. The highest BCUT2D eigenvalue weighted by Gasteiger charge is 2.16. The number of sulfonamides is 1. The Morgan fingerprint density at radius 2 is 2.04 bits per heavy atom. The molecule has 2 aromatic heterocycles. The topological polar surface area (TPSA) is 85.1 Å². The van der Waals surface area contributed by atoms with Crippen LogP contribution in [0.3, 0.4) is 0 Å². The van der Waals surface area contributed by atoms with E-state index < -0.39 is 10.0 Å². The van der Waals surface area contributed by atoms with Crippen molar-refractivity contribution in [3.63, 3.8) is 0 Å². The van der Waals surface area contributed by atoms with Gasteiger partial charge in [0.15, 0.2) is 0 Å². The number of thiophene rings is 1. The molecule has 0 saturated carbocycles. The molecular formula is C15H15N3O3S2. The summed E-state index contributed by atoms with van der Waals surface area (Å²) in [6.07, 6.45) is 0.337. The highest BCUT2D eigenvalue weighted by atomic mass is 32.2. The van der Waals surface area contributed by atoms with Gasteiger partial charge in [0.05, 0.1) is 9.77 Å². The molecule has 0 atom stereocenters. The predicted molar refractivity (Wildman–Crippen MR) is 87.7 cm³/mol. The van der Waals surface area contributed by atoms with Crippen LogP contribution < -0.4 is 4.72 Å². The molecule has 0 unspecified atom stereocenters. The predicted octanol–water partition coefficient (Wildman–Crippen LogP) is 2.63. The molecule has 1 N–H and O–H groups in total. The van der Waals surface area contributed by atoms with Crippen LogP contribution in [0.15, 0.2) is 51.2 Å². The molecule has 0 aliphatic carbocycles. The highest BCUT2D eigenvalue weighted by Crippen LogP contribution is 2.21. The molecule has 3 rings (SSSR count). The normalized spacial score (nSPS) is 11.7. The maximum Gasteiger partial charge on any atom is 0.240 e. The van der Waals surface area contributed by atoms with Crippen LogP contribution in [0.25, 0.3) is 10.7 Å². The van der Waals surface area contributed by atoms with Crippen LogP contribution in [0.4, 0.5) is 0 Å². The minimum Gasteiger partial charge on any atom is -0.339 e. The first-order valence-corrected chi connectivity index (χ1v) is 9.34. The van der Waals surface area contributed by atoms with E-state index in [1.807, 2.05) is 17.5 Å². The Labute approximate surface area is 138 Å². The van der Waals surface area contributed by atoms with E-state index in [1.165, 1.54) is 11.3 Å². The molecule has 2 heterocycles. The number of aromatic nitrogens is 2. The summed E-state index contributed by atoms with van der Waals surface area (Å²) in [5, 5.41) is 5.83. The third-order valence-corrected chi connectivity index (χ3v) is 5.71. The lowest BCUT2D eigenvalue weighted by Crippen LogP contribution is -2.26. The zero-order chi connectivity index (χ0) is 16.3. The van der Waals surface area contributed by atoms with Gasteiger partial charge < -0.3 is 4.52 Å². The Bertz CT molecular complexity index is 886. The first-order chi connectivity index (χ1) is 11.1. The van der Waals surface area contributed by atoms with Gasteiger partial charge in [0.2, 0.25) is 21.7 Å². The summed E-state index contributed by atoms with van der Waals surface area (Å²) in [7, 11) is -3.54. The smallest absolute Gasteiger partial charge is 0.240 e. The number of hydrogen-bond donors (Lipinski definition) is 1. The minimum atomic E-state index is -3.54. The molecule has 0 saturated heterocycles. The summed E-state index contributed by atoms with van der Waals surface area (Å²) >= 11 is 1.52. The maximum atomic E-state index is 12.3. The van der Waals surface area contributed by atoms with Crippen molar-refractivity contribution in [2.75, 3.05) is 6.54 Å². The summed E-state index contributed by atoms with van der Waals surface area (Å²) in [5.74, 6) is 0.928. The maximum absolute atomic E-state index is 12.3. The second-order valence-corrected chi connectivity index (χ2v) is 7.59. The summed E-state index contributed by atoms with van der Waals surface area (Å²) in [6, 6.07) is 10.7. The quantitative estimate of drug-likeness (QED) is 0.739. The SMILES string of the molecule is Cc1ccccc1S(=O)(=O)NCCc1nc(-c2cccs2)no1. The third-order valence-electron chi connectivity index (χ3n) is 3.22. The first-order valence-electron chi connectivity index (χ1n) is 6.98. The third kappa shape index (κ3) is 3.66. The summed E-state index contributed by atoms with van der Waals surface area (Å²) in [6.45, 7) is 1.96. The zero-order valence-electron chi connectivity index (χ0n) is 12.4. The van der Waals surface area contributed by atoms with Crippen LogP contribution in [0.5, 0.6) is 0 Å². The lowest BCUT2D eigenvalue weighted by molar-refractivity contribution is 0.379. The van der Waals surface area contributed by atoms with E-state index in [-0.39, 0.29) is 11.4 Å². The van der Waals surface area contributed by atoms with Crippen LogP contribution in [0.1, 0.15) is 11.5 Å². The number of nitrogens with zero attached hydrogens (tertiary/aromatic N) is 2. The monoisotopic (exact) mass is 349 g/mol. The van der Waals surface area contributed by atoms with Gasteiger partial charge in [-0.15, -0.1) is 11.3 Å². The number of benzene rings is 1. The summed E-state index contributed by atoms with van der Waals surface area (Å²) < 4.78 is 32.2. The fourth-order valence-electron chi connectivity index (χ4n) is 2.09. The van der Waals surface area contributed by atoms with Gasteiger partial charge >= 0.3 is 0 Å². The molecule has 0 amide bonds. The van der Waals surface area contributed by atoms with E-state index in [4.69, 9.17) is 4.52 Å². The largest absolute Gasteiger partial charge is 0.339 e. The van der Waals surface area contributed by atoms with E-state index in [9.17, 15) is 8.42 Å². The fraction of sp³-hybridized carbons (Fsp3) is 0.200. The van der Waals surface area contributed by atoms with Crippen molar-refractivity contribution in [2.24, 2.45) is 0 Å². The summed E-state index contributed by atoms with van der Waals surface area (Å²) in [5.41, 5.74) is 0.706. The van der Waals surface area contributed by atoms with Gasteiger partial charge in [-0.1, -0.05) is 29.4 Å². The van der Waals surface area contributed by atoms with Gasteiger partial charge in [0.1, 0.15) is 0 Å². The Hall–Kier alpha value is -2.03. The lowest BCUT2D eigenvalue weighted by atomic mass is 10.2. The van der Waals surface area contributed by atoms with Gasteiger partial charge in [0, 0.05) is 13.0 Å². The fourth-order valence-corrected chi connectivity index (χ4v) is 4.02. The van der Waals surface area contributed by atoms with Crippen molar-refractivity contribution in [1.82, 2.24) is 14.9 Å². The molecule has 23 heavy (non-hydrogen) atoms. The van der Waals surface area contributed by atoms with Gasteiger partial charge in [-0.3, -0.25) is 0 Å². The number of nitrogens with one attached hydrogen (secondary N) is 1. The van der Waals surface area contributed by atoms with Crippen LogP contribution in [0.2, 0.25) is 0 Å². The number of aryl methyl sites for hydroxylation is 1. The van der Waals surface area contributed by atoms with Crippen molar-refractivity contribution in [3.8, 4) is 10.7 Å². The second kappa shape index (κ2) is 6.61. The first kappa shape index (κ1) is 15.9. The van der Waals surface area contributed by atoms with Crippen molar-refractivity contribution >= 4 is 21.4 Å². The van der Waals surface area contributed by atoms with Crippen molar-refractivity contribution in [1.29, 1.82) is 0 Å². The standard InChI is InChI=1S/C15H15N3O3S2/c1-11-5-2-3-7-13(11)23(19,20)16-9-8-14-17-15(18-21-14)12-6-4-10-22-12/h2-7,10,16H,8-9H2,1H3. The van der Waals surface area contributed by atoms with Gasteiger partial charge in [-0.05, 0) is 30.0 Å². The minimum absolute atomic E-state index is 0.197. The van der Waals surface area contributed by atoms with E-state index in [2.05, 4.69) is 14.9 Å².